The monoisotopic (exact) mass is 578 g/mol. The first kappa shape index (κ1) is 32.3. The number of carbonyl (C=O) groups is 2. The number of urea groups is 1. The van der Waals surface area contributed by atoms with E-state index in [-0.39, 0.29) is 11.8 Å². The molecule has 6 nitrogen and oxygen atoms in total. The second-order valence-electron chi connectivity index (χ2n) is 10.9. The minimum atomic E-state index is -0.357. The lowest BCUT2D eigenvalue weighted by Gasteiger charge is -2.14. The number of aromatic nitrogens is 1. The summed E-state index contributed by atoms with van der Waals surface area (Å²) < 4.78 is 8.12. The highest BCUT2D eigenvalue weighted by Gasteiger charge is 2.15. The molecule has 0 saturated heterocycles. The van der Waals surface area contributed by atoms with Crippen molar-refractivity contribution in [2.24, 2.45) is 0 Å². The van der Waals surface area contributed by atoms with E-state index in [1.807, 2.05) is 24.3 Å². The Morgan fingerprint density at radius 3 is 2.15 bits per heavy atom. The van der Waals surface area contributed by atoms with Gasteiger partial charge in [0.1, 0.15) is 5.75 Å². The molecule has 0 radical (unpaired) electrons. The fraction of sp³-hybridized carbons (Fsp3) is 0.500. The first-order chi connectivity index (χ1) is 20.0. The predicted octanol–water partition coefficient (Wildman–Crippen LogP) is 9.32. The van der Waals surface area contributed by atoms with Crippen molar-refractivity contribution in [1.29, 1.82) is 0 Å². The van der Waals surface area contributed by atoms with Crippen molar-refractivity contribution < 1.29 is 18.9 Å². The first-order valence-corrected chi connectivity index (χ1v) is 16.3. The number of carbonyl (C=O) groups excluding carboxylic acids is 2. The number of hydrogen-bond acceptors (Lipinski definition) is 4. The zero-order chi connectivity index (χ0) is 29.3. The van der Waals surface area contributed by atoms with Crippen LogP contribution in [0, 0.1) is 6.92 Å². The molecule has 0 spiro atoms. The van der Waals surface area contributed by atoms with Crippen molar-refractivity contribution in [3.8, 4) is 5.75 Å². The van der Waals surface area contributed by atoms with Gasteiger partial charge in [-0.25, -0.2) is 4.79 Å². The molecule has 2 N–H and O–H groups in total. The molecule has 1 heterocycles. The summed E-state index contributed by atoms with van der Waals surface area (Å²) in [5.74, 6) is 0.479. The summed E-state index contributed by atoms with van der Waals surface area (Å²) in [4.78, 5) is 25.2. The molecule has 0 bridgehead atoms. The molecule has 222 valence electrons. The van der Waals surface area contributed by atoms with Gasteiger partial charge < -0.3 is 15.4 Å². The number of unbranched alkanes of at least 4 members (excludes halogenated alkanes) is 11. The Morgan fingerprint density at radius 1 is 0.854 bits per heavy atom. The molecule has 3 aromatic rings. The molecule has 0 aliphatic carbocycles. The molecule has 0 saturated carbocycles. The second kappa shape index (κ2) is 18.3. The number of nitrogens with zero attached hydrogens (tertiary/aromatic N) is 1. The van der Waals surface area contributed by atoms with Crippen LogP contribution in [0.3, 0.4) is 0 Å². The first-order valence-electron chi connectivity index (χ1n) is 15.3. The highest BCUT2D eigenvalue weighted by Crippen LogP contribution is 2.25. The standard InChI is InChI=1S/C34H47N3O3S/c1-4-5-6-7-8-9-10-11-12-13-14-17-22-40-33-21-20-30(23-31(33)28(3)38)35-34(39)36-32-19-16-15-18-29(32)24-37-26-41-25-27(37)2/h15-16,18-21,23,25-26H,4-14,17,22,24H2,1-3H3,(H-,35,36,39)/p+1. The van der Waals surface area contributed by atoms with E-state index < -0.39 is 0 Å². The van der Waals surface area contributed by atoms with Crippen LogP contribution in [0.15, 0.2) is 53.4 Å². The molecule has 0 unspecified atom stereocenters. The fourth-order valence-electron chi connectivity index (χ4n) is 4.90. The number of ether oxygens (including phenoxy) is 1. The smallest absolute Gasteiger partial charge is 0.323 e. The normalized spacial score (nSPS) is 10.9. The number of nitrogens with one attached hydrogen (secondary N) is 2. The quantitative estimate of drug-likeness (QED) is 0.0846. The lowest BCUT2D eigenvalue weighted by atomic mass is 10.1. The fourth-order valence-corrected chi connectivity index (χ4v) is 5.68. The van der Waals surface area contributed by atoms with Crippen LogP contribution in [-0.4, -0.2) is 18.4 Å². The Hall–Kier alpha value is -3.19. The van der Waals surface area contributed by atoms with Gasteiger partial charge in [0, 0.05) is 18.2 Å². The number of para-hydroxylation sites is 1. The minimum Gasteiger partial charge on any atom is -0.493 e. The second-order valence-corrected chi connectivity index (χ2v) is 11.6. The maximum Gasteiger partial charge on any atom is 0.323 e. The minimum absolute atomic E-state index is 0.0905. The van der Waals surface area contributed by atoms with Gasteiger partial charge >= 0.3 is 6.03 Å². The lowest BCUT2D eigenvalue weighted by Crippen LogP contribution is -2.35. The summed E-state index contributed by atoms with van der Waals surface area (Å²) in [6.45, 7) is 7.11. The number of thiazole rings is 1. The van der Waals surface area contributed by atoms with Crippen LogP contribution >= 0.6 is 11.3 Å². The number of amides is 2. The molecule has 41 heavy (non-hydrogen) atoms. The van der Waals surface area contributed by atoms with Gasteiger partial charge in [-0.3, -0.25) is 4.79 Å². The summed E-state index contributed by atoms with van der Waals surface area (Å²) in [7, 11) is 0. The zero-order valence-corrected chi connectivity index (χ0v) is 26.0. The van der Waals surface area contributed by atoms with Crippen LogP contribution in [0.2, 0.25) is 0 Å². The van der Waals surface area contributed by atoms with Gasteiger partial charge in [-0.15, -0.1) is 0 Å². The zero-order valence-electron chi connectivity index (χ0n) is 25.2. The molecule has 0 aliphatic heterocycles. The summed E-state index contributed by atoms with van der Waals surface area (Å²) in [6, 6.07) is 12.7. The maximum atomic E-state index is 12.8. The van der Waals surface area contributed by atoms with E-state index in [1.165, 1.54) is 76.8 Å². The number of rotatable bonds is 19. The maximum absolute atomic E-state index is 12.8. The molecule has 0 atom stereocenters. The highest BCUT2D eigenvalue weighted by atomic mass is 32.1. The third-order valence-electron chi connectivity index (χ3n) is 7.36. The van der Waals surface area contributed by atoms with Gasteiger partial charge in [-0.1, -0.05) is 107 Å². The number of hydrogen-bond donors (Lipinski definition) is 2. The molecular weight excluding hydrogens is 530 g/mol. The lowest BCUT2D eigenvalue weighted by molar-refractivity contribution is -0.689. The Morgan fingerprint density at radius 2 is 1.51 bits per heavy atom. The Kier molecular flexibility index (Phi) is 14.4. The largest absolute Gasteiger partial charge is 0.493 e. The Labute approximate surface area is 250 Å². The van der Waals surface area contributed by atoms with Gasteiger partial charge in [0.05, 0.1) is 23.2 Å². The summed E-state index contributed by atoms with van der Waals surface area (Å²) in [6.07, 6.45) is 15.5. The van der Waals surface area contributed by atoms with E-state index in [4.69, 9.17) is 4.74 Å². The summed E-state index contributed by atoms with van der Waals surface area (Å²) in [5, 5.41) is 7.92. The molecule has 0 fully saturated rings. The molecule has 2 aromatic carbocycles. The van der Waals surface area contributed by atoms with E-state index >= 15 is 0 Å². The van der Waals surface area contributed by atoms with Crippen LogP contribution < -0.4 is 19.9 Å². The van der Waals surface area contributed by atoms with Crippen molar-refractivity contribution in [2.75, 3.05) is 17.2 Å². The number of ketones is 1. The summed E-state index contributed by atoms with van der Waals surface area (Å²) >= 11 is 1.65. The average molecular weight is 579 g/mol. The number of benzene rings is 2. The number of aryl methyl sites for hydroxylation is 1. The Balaban J connectivity index is 1.41. The van der Waals surface area contributed by atoms with Gasteiger partial charge in [-0.05, 0) is 37.6 Å². The van der Waals surface area contributed by atoms with E-state index in [0.717, 1.165) is 24.1 Å². The third kappa shape index (κ3) is 11.7. The Bertz CT molecular complexity index is 1220. The van der Waals surface area contributed by atoms with Crippen molar-refractivity contribution in [1.82, 2.24) is 0 Å². The van der Waals surface area contributed by atoms with Gasteiger partial charge in [0.15, 0.2) is 18.0 Å². The SMILES string of the molecule is CCCCCCCCCCCCCCOc1ccc(NC(=O)Nc2ccccc2C[n+]2cscc2C)cc1C(C)=O. The van der Waals surface area contributed by atoms with Crippen LogP contribution in [0.4, 0.5) is 16.2 Å². The van der Waals surface area contributed by atoms with Gasteiger partial charge in [0.2, 0.25) is 5.51 Å². The van der Waals surface area contributed by atoms with E-state index in [2.05, 4.69) is 39.9 Å². The third-order valence-corrected chi connectivity index (χ3v) is 8.21. The van der Waals surface area contributed by atoms with E-state index in [9.17, 15) is 9.59 Å². The summed E-state index contributed by atoms with van der Waals surface area (Å²) in [5.41, 5.74) is 6.03. The van der Waals surface area contributed by atoms with Crippen molar-refractivity contribution >= 4 is 34.5 Å². The number of Topliss-reactive ketones (excluding diaryl/α,β-unsaturated/α-hetero) is 1. The predicted molar refractivity (Wildman–Crippen MR) is 170 cm³/mol. The van der Waals surface area contributed by atoms with Crippen LogP contribution in [0.25, 0.3) is 0 Å². The van der Waals surface area contributed by atoms with Gasteiger partial charge in [-0.2, -0.15) is 4.57 Å². The van der Waals surface area contributed by atoms with Crippen LogP contribution in [0.5, 0.6) is 5.75 Å². The molecule has 3 rings (SSSR count). The van der Waals surface area contributed by atoms with Crippen molar-refractivity contribution in [3.05, 3.63) is 70.2 Å². The molecule has 7 heteroatoms. The van der Waals surface area contributed by atoms with Crippen LogP contribution in [0.1, 0.15) is 113 Å². The van der Waals surface area contributed by atoms with E-state index in [1.54, 1.807) is 29.5 Å². The molecule has 1 aromatic heterocycles. The van der Waals surface area contributed by atoms with Crippen molar-refractivity contribution in [3.63, 3.8) is 0 Å². The van der Waals surface area contributed by atoms with Crippen molar-refractivity contribution in [2.45, 2.75) is 104 Å². The average Bonchev–Trinajstić information content (AvgIpc) is 3.36. The molecule has 2 amide bonds. The van der Waals surface area contributed by atoms with Gasteiger partial charge in [0.25, 0.3) is 0 Å². The molecular formula is C34H48N3O3S+. The topological polar surface area (TPSA) is 71.3 Å². The molecule has 0 aliphatic rings. The number of anilines is 2. The van der Waals surface area contributed by atoms with Crippen LogP contribution in [-0.2, 0) is 6.54 Å². The van der Waals surface area contributed by atoms with E-state index in [0.29, 0.717) is 30.2 Å². The highest BCUT2D eigenvalue weighted by molar-refractivity contribution is 7.07.